The summed E-state index contributed by atoms with van der Waals surface area (Å²) in [7, 11) is -3.59. The minimum absolute atomic E-state index is 0.153. The van der Waals surface area contributed by atoms with E-state index in [-0.39, 0.29) is 16.6 Å². The van der Waals surface area contributed by atoms with Gasteiger partial charge in [0.2, 0.25) is 15.9 Å². The first-order valence-electron chi connectivity index (χ1n) is 11.0. The lowest BCUT2D eigenvalue weighted by Gasteiger charge is -2.09. The molecule has 0 aliphatic heterocycles. The van der Waals surface area contributed by atoms with Crippen LogP contribution in [-0.2, 0) is 21.4 Å². The Morgan fingerprint density at radius 2 is 1.82 bits per heavy atom. The van der Waals surface area contributed by atoms with E-state index in [4.69, 9.17) is 11.6 Å². The van der Waals surface area contributed by atoms with Crippen LogP contribution in [0.3, 0.4) is 0 Å². The standard InChI is InChI=1S/C23H29ClN4O3S2/c1-3-5-13-25-33(30,31)19-11-12-21-20(15-19)27-23(28(21)14-6-4-2)32-16-22(29)26-18-9-7-17(24)8-10-18/h7-12,15,25H,3-6,13-14,16H2,1-2H3,(H,26,29). The molecule has 2 aromatic carbocycles. The van der Waals surface area contributed by atoms with Crippen molar-refractivity contribution in [3.63, 3.8) is 0 Å². The third kappa shape index (κ3) is 6.96. The number of halogens is 1. The summed E-state index contributed by atoms with van der Waals surface area (Å²) in [5, 5.41) is 4.14. The number of rotatable bonds is 12. The number of aryl methyl sites for hydroxylation is 1. The van der Waals surface area contributed by atoms with Gasteiger partial charge in [-0.3, -0.25) is 4.79 Å². The number of carbonyl (C=O) groups is 1. The van der Waals surface area contributed by atoms with E-state index < -0.39 is 10.0 Å². The Bertz CT molecular complexity index is 1190. The number of sulfonamides is 1. The van der Waals surface area contributed by atoms with Gasteiger partial charge in [0.1, 0.15) is 0 Å². The van der Waals surface area contributed by atoms with Crippen molar-refractivity contribution in [2.75, 3.05) is 17.6 Å². The number of nitrogens with one attached hydrogen (secondary N) is 2. The summed E-state index contributed by atoms with van der Waals surface area (Å²) >= 11 is 7.22. The van der Waals surface area contributed by atoms with Crippen molar-refractivity contribution in [2.45, 2.75) is 56.1 Å². The van der Waals surface area contributed by atoms with Crippen LogP contribution in [0.25, 0.3) is 11.0 Å². The van der Waals surface area contributed by atoms with Crippen molar-refractivity contribution in [3.05, 3.63) is 47.5 Å². The van der Waals surface area contributed by atoms with Crippen LogP contribution < -0.4 is 10.0 Å². The highest BCUT2D eigenvalue weighted by molar-refractivity contribution is 7.99. The van der Waals surface area contributed by atoms with Gasteiger partial charge in [0.15, 0.2) is 5.16 Å². The summed E-state index contributed by atoms with van der Waals surface area (Å²) in [6.07, 6.45) is 3.66. The van der Waals surface area contributed by atoms with Gasteiger partial charge in [-0.1, -0.05) is 50.1 Å². The van der Waals surface area contributed by atoms with Crippen LogP contribution in [0.4, 0.5) is 5.69 Å². The normalized spacial score (nSPS) is 11.7. The van der Waals surface area contributed by atoms with Crippen LogP contribution in [0.5, 0.6) is 0 Å². The van der Waals surface area contributed by atoms with Gasteiger partial charge < -0.3 is 9.88 Å². The molecule has 0 saturated heterocycles. The van der Waals surface area contributed by atoms with Gasteiger partial charge in [0, 0.05) is 23.8 Å². The molecule has 0 bridgehead atoms. The fraction of sp³-hybridized carbons (Fsp3) is 0.391. The molecule has 0 aliphatic rings. The molecule has 3 rings (SSSR count). The van der Waals surface area contributed by atoms with E-state index in [1.54, 1.807) is 42.5 Å². The molecule has 0 atom stereocenters. The molecule has 1 amide bonds. The molecule has 7 nitrogen and oxygen atoms in total. The highest BCUT2D eigenvalue weighted by Gasteiger charge is 2.18. The zero-order valence-corrected chi connectivity index (χ0v) is 21.2. The molecule has 0 fully saturated rings. The van der Waals surface area contributed by atoms with Crippen LogP contribution in [0, 0.1) is 0 Å². The maximum atomic E-state index is 12.6. The second-order valence-electron chi connectivity index (χ2n) is 7.65. The van der Waals surface area contributed by atoms with E-state index in [2.05, 4.69) is 26.5 Å². The lowest BCUT2D eigenvalue weighted by atomic mass is 10.3. The van der Waals surface area contributed by atoms with Gasteiger partial charge in [0.25, 0.3) is 0 Å². The van der Waals surface area contributed by atoms with E-state index in [1.165, 1.54) is 11.8 Å². The number of thioether (sulfide) groups is 1. The number of anilines is 1. The first-order chi connectivity index (χ1) is 15.8. The second kappa shape index (κ2) is 11.9. The van der Waals surface area contributed by atoms with Crippen LogP contribution in [-0.4, -0.2) is 36.2 Å². The van der Waals surface area contributed by atoms with E-state index in [9.17, 15) is 13.2 Å². The lowest BCUT2D eigenvalue weighted by molar-refractivity contribution is -0.113. The molecule has 1 heterocycles. The topological polar surface area (TPSA) is 93.1 Å². The quantitative estimate of drug-likeness (QED) is 0.256. The molecule has 1 aromatic heterocycles. The molecular weight excluding hydrogens is 480 g/mol. The summed E-state index contributed by atoms with van der Waals surface area (Å²) in [6.45, 7) is 5.27. The largest absolute Gasteiger partial charge is 0.325 e. The smallest absolute Gasteiger partial charge is 0.240 e. The van der Waals surface area contributed by atoms with E-state index in [0.717, 1.165) is 37.7 Å². The van der Waals surface area contributed by atoms with Gasteiger partial charge in [-0.05, 0) is 55.3 Å². The number of carbonyl (C=O) groups excluding carboxylic acids is 1. The Balaban J connectivity index is 1.79. The third-order valence-corrected chi connectivity index (χ3v) is 7.70. The molecule has 33 heavy (non-hydrogen) atoms. The van der Waals surface area contributed by atoms with Crippen molar-refractivity contribution in [3.8, 4) is 0 Å². The molecular formula is C23H29ClN4O3S2. The molecule has 0 saturated carbocycles. The molecule has 0 radical (unpaired) electrons. The van der Waals surface area contributed by atoms with Crippen molar-refractivity contribution in [2.24, 2.45) is 0 Å². The van der Waals surface area contributed by atoms with Crippen molar-refractivity contribution < 1.29 is 13.2 Å². The number of hydrogen-bond acceptors (Lipinski definition) is 5. The predicted molar refractivity (Wildman–Crippen MR) is 136 cm³/mol. The summed E-state index contributed by atoms with van der Waals surface area (Å²) in [4.78, 5) is 17.3. The number of nitrogens with zero attached hydrogens (tertiary/aromatic N) is 2. The second-order valence-corrected chi connectivity index (χ2v) is 10.8. The Hall–Kier alpha value is -2.07. The Labute approximate surface area is 204 Å². The first kappa shape index (κ1) is 25.6. The van der Waals surface area contributed by atoms with Crippen molar-refractivity contribution in [1.82, 2.24) is 14.3 Å². The summed E-state index contributed by atoms with van der Waals surface area (Å²) in [5.74, 6) is 0.0294. The van der Waals surface area contributed by atoms with E-state index in [0.29, 0.717) is 27.9 Å². The summed E-state index contributed by atoms with van der Waals surface area (Å²) in [5.41, 5.74) is 2.14. The Morgan fingerprint density at radius 1 is 1.09 bits per heavy atom. The fourth-order valence-electron chi connectivity index (χ4n) is 3.22. The van der Waals surface area contributed by atoms with Gasteiger partial charge >= 0.3 is 0 Å². The van der Waals surface area contributed by atoms with Gasteiger partial charge in [-0.15, -0.1) is 0 Å². The number of imidazole rings is 1. The van der Waals surface area contributed by atoms with Gasteiger partial charge in [0.05, 0.1) is 21.7 Å². The summed E-state index contributed by atoms with van der Waals surface area (Å²) < 4.78 is 29.9. The van der Waals surface area contributed by atoms with Crippen LogP contribution in [0.2, 0.25) is 5.02 Å². The van der Waals surface area contributed by atoms with Gasteiger partial charge in [-0.25, -0.2) is 18.1 Å². The number of hydrogen-bond donors (Lipinski definition) is 2. The average Bonchev–Trinajstić information content (AvgIpc) is 3.14. The fourth-order valence-corrected chi connectivity index (χ4v) is 5.28. The minimum atomic E-state index is -3.59. The minimum Gasteiger partial charge on any atom is -0.325 e. The Kier molecular flexibility index (Phi) is 9.19. The van der Waals surface area contributed by atoms with E-state index >= 15 is 0 Å². The van der Waals surface area contributed by atoms with Crippen LogP contribution in [0.1, 0.15) is 39.5 Å². The van der Waals surface area contributed by atoms with Crippen molar-refractivity contribution in [1.29, 1.82) is 0 Å². The zero-order valence-electron chi connectivity index (χ0n) is 18.8. The number of fused-ring (bicyclic) bond motifs is 1. The molecule has 3 aromatic rings. The Morgan fingerprint density at radius 3 is 2.52 bits per heavy atom. The molecule has 0 aliphatic carbocycles. The maximum absolute atomic E-state index is 12.6. The van der Waals surface area contributed by atoms with Crippen LogP contribution in [0.15, 0.2) is 52.5 Å². The zero-order chi connectivity index (χ0) is 23.8. The van der Waals surface area contributed by atoms with Crippen LogP contribution >= 0.6 is 23.4 Å². The molecule has 0 spiro atoms. The number of amides is 1. The third-order valence-electron chi connectivity index (χ3n) is 5.01. The SMILES string of the molecule is CCCCNS(=O)(=O)c1ccc2c(c1)nc(SCC(=O)Nc1ccc(Cl)cc1)n2CCCC. The number of benzene rings is 2. The number of unbranched alkanes of at least 4 members (excludes halogenated alkanes) is 2. The molecule has 178 valence electrons. The van der Waals surface area contributed by atoms with E-state index in [1.807, 2.05) is 6.92 Å². The maximum Gasteiger partial charge on any atom is 0.240 e. The monoisotopic (exact) mass is 508 g/mol. The van der Waals surface area contributed by atoms with Gasteiger partial charge in [-0.2, -0.15) is 0 Å². The molecule has 2 N–H and O–H groups in total. The highest BCUT2D eigenvalue weighted by Crippen LogP contribution is 2.27. The first-order valence-corrected chi connectivity index (χ1v) is 13.9. The molecule has 10 heteroatoms. The predicted octanol–water partition coefficient (Wildman–Crippen LogP) is 5.30. The van der Waals surface area contributed by atoms with Crippen molar-refractivity contribution >= 4 is 56.0 Å². The molecule has 0 unspecified atom stereocenters. The lowest BCUT2D eigenvalue weighted by Crippen LogP contribution is -2.24. The summed E-state index contributed by atoms with van der Waals surface area (Å²) in [6, 6.07) is 11.9. The average molecular weight is 509 g/mol. The number of aromatic nitrogens is 2. The highest BCUT2D eigenvalue weighted by atomic mass is 35.5.